The molecule has 0 radical (unpaired) electrons. The van der Waals surface area contributed by atoms with Crippen LogP contribution in [0.15, 0.2) is 42.7 Å². The highest BCUT2D eigenvalue weighted by Gasteiger charge is 2.29. The standard InChI is InChI=1S/C25H25ClN4O.C4H10O.C2H4O2/c1-5-20-16(3)23-24-21(22(20)17-6-8-18(26)9-7-17)12-15(2)29(24)10-11-30(23)25-27-13-19(31-4)14-28-25;1-4(2,3)5;1-4-2-3/h6-9,12-14H,5,10-11H2,1-4H3;5H,1-3H3;2H,1H3. The highest BCUT2D eigenvalue weighted by atomic mass is 35.5. The van der Waals surface area contributed by atoms with E-state index in [1.807, 2.05) is 12.1 Å². The van der Waals surface area contributed by atoms with E-state index >= 15 is 0 Å². The Morgan fingerprint density at radius 3 is 2.15 bits per heavy atom. The van der Waals surface area contributed by atoms with Gasteiger partial charge in [-0.25, -0.2) is 9.97 Å². The molecule has 0 saturated heterocycles. The summed E-state index contributed by atoms with van der Waals surface area (Å²) in [6.45, 7) is 14.0. The number of carbonyl (C=O) groups is 1. The van der Waals surface area contributed by atoms with E-state index in [9.17, 15) is 0 Å². The van der Waals surface area contributed by atoms with E-state index in [0.29, 0.717) is 18.2 Å². The van der Waals surface area contributed by atoms with Crippen molar-refractivity contribution >= 4 is 40.6 Å². The number of aromatic nitrogens is 3. The fraction of sp³-hybridized carbons (Fsp3) is 0.387. The molecule has 0 saturated carbocycles. The summed E-state index contributed by atoms with van der Waals surface area (Å²) >= 11 is 6.18. The summed E-state index contributed by atoms with van der Waals surface area (Å²) in [6.07, 6.45) is 4.40. The molecule has 4 aromatic rings. The second kappa shape index (κ2) is 13.2. The van der Waals surface area contributed by atoms with Gasteiger partial charge in [-0.1, -0.05) is 30.7 Å². The summed E-state index contributed by atoms with van der Waals surface area (Å²) in [5.41, 5.74) is 8.35. The van der Waals surface area contributed by atoms with Crippen LogP contribution in [0.2, 0.25) is 5.02 Å². The predicted molar refractivity (Wildman–Crippen MR) is 162 cm³/mol. The van der Waals surface area contributed by atoms with Gasteiger partial charge in [0.25, 0.3) is 6.47 Å². The van der Waals surface area contributed by atoms with Gasteiger partial charge in [-0.2, -0.15) is 0 Å². The van der Waals surface area contributed by atoms with Crippen LogP contribution in [0.4, 0.5) is 11.6 Å². The normalized spacial score (nSPS) is 12.2. The maximum absolute atomic E-state index is 8.95. The molecule has 2 aromatic heterocycles. The van der Waals surface area contributed by atoms with Gasteiger partial charge in [0.2, 0.25) is 5.95 Å². The molecule has 0 bridgehead atoms. The van der Waals surface area contributed by atoms with Crippen molar-refractivity contribution in [2.24, 2.45) is 0 Å². The smallest absolute Gasteiger partial charge is 0.292 e. The van der Waals surface area contributed by atoms with E-state index in [4.69, 9.17) is 26.2 Å². The summed E-state index contributed by atoms with van der Waals surface area (Å²) < 4.78 is 11.5. The maximum atomic E-state index is 8.95. The Morgan fingerprint density at radius 1 is 1.07 bits per heavy atom. The molecule has 5 rings (SSSR count). The first-order valence-electron chi connectivity index (χ1n) is 13.2. The molecule has 1 aliphatic rings. The van der Waals surface area contributed by atoms with Crippen LogP contribution in [0, 0.1) is 13.8 Å². The summed E-state index contributed by atoms with van der Waals surface area (Å²) in [5.74, 6) is 1.37. The number of hydrogen-bond acceptors (Lipinski definition) is 7. The number of benzene rings is 2. The number of hydrogen-bond donors (Lipinski definition) is 1. The fourth-order valence-corrected chi connectivity index (χ4v) is 4.99. The Labute approximate surface area is 241 Å². The first kappa shape index (κ1) is 30.9. The average Bonchev–Trinajstić information content (AvgIpc) is 3.26. The summed E-state index contributed by atoms with van der Waals surface area (Å²) in [5, 5.41) is 10.5. The summed E-state index contributed by atoms with van der Waals surface area (Å²) in [4.78, 5) is 20.4. The van der Waals surface area contributed by atoms with Gasteiger partial charge in [-0.3, -0.25) is 4.79 Å². The van der Waals surface area contributed by atoms with Crippen molar-refractivity contribution in [3.8, 4) is 16.9 Å². The van der Waals surface area contributed by atoms with Crippen LogP contribution >= 0.6 is 11.6 Å². The fourth-order valence-electron chi connectivity index (χ4n) is 4.87. The molecular formula is C31H39ClN4O4. The van der Waals surface area contributed by atoms with E-state index in [0.717, 1.165) is 24.5 Å². The number of halogens is 1. The third kappa shape index (κ3) is 6.92. The van der Waals surface area contributed by atoms with Gasteiger partial charge >= 0.3 is 0 Å². The molecule has 2 aromatic carbocycles. The van der Waals surface area contributed by atoms with Crippen molar-refractivity contribution in [1.29, 1.82) is 0 Å². The van der Waals surface area contributed by atoms with E-state index in [2.05, 4.69) is 63.1 Å². The highest BCUT2D eigenvalue weighted by Crippen LogP contribution is 2.46. The predicted octanol–water partition coefficient (Wildman–Crippen LogP) is 6.66. The van der Waals surface area contributed by atoms with Crippen LogP contribution in [-0.4, -0.2) is 52.5 Å². The van der Waals surface area contributed by atoms with Gasteiger partial charge in [-0.15, -0.1) is 0 Å². The van der Waals surface area contributed by atoms with Gasteiger partial charge in [0.15, 0.2) is 5.75 Å². The second-order valence-corrected chi connectivity index (χ2v) is 10.9. The molecule has 3 heterocycles. The van der Waals surface area contributed by atoms with Crippen LogP contribution in [0.1, 0.15) is 44.5 Å². The van der Waals surface area contributed by atoms with Gasteiger partial charge in [-0.05, 0) is 81.5 Å². The topological polar surface area (TPSA) is 89.7 Å². The van der Waals surface area contributed by atoms with Crippen LogP contribution in [-0.2, 0) is 22.5 Å². The summed E-state index contributed by atoms with van der Waals surface area (Å²) in [7, 11) is 2.94. The van der Waals surface area contributed by atoms with Crippen LogP contribution < -0.4 is 9.64 Å². The van der Waals surface area contributed by atoms with E-state index < -0.39 is 5.60 Å². The summed E-state index contributed by atoms with van der Waals surface area (Å²) in [6, 6.07) is 10.5. The van der Waals surface area contributed by atoms with Crippen molar-refractivity contribution in [3.63, 3.8) is 0 Å². The molecule has 0 fully saturated rings. The molecule has 40 heavy (non-hydrogen) atoms. The Hall–Kier alpha value is -3.62. The van der Waals surface area contributed by atoms with Gasteiger partial charge in [0, 0.05) is 29.2 Å². The minimum atomic E-state index is -0.500. The first-order chi connectivity index (χ1) is 18.9. The number of rotatable bonds is 5. The molecule has 214 valence electrons. The molecule has 1 aliphatic heterocycles. The zero-order chi connectivity index (χ0) is 29.6. The number of nitrogens with zero attached hydrogens (tertiary/aromatic N) is 4. The number of carbonyl (C=O) groups excluding carboxylic acids is 1. The Kier molecular flexibility index (Phi) is 10.2. The third-order valence-electron chi connectivity index (χ3n) is 6.40. The Bertz CT molecular complexity index is 1440. The lowest BCUT2D eigenvalue weighted by Crippen LogP contribution is -2.30. The molecular weight excluding hydrogens is 528 g/mol. The zero-order valence-electron chi connectivity index (χ0n) is 24.6. The first-order valence-corrected chi connectivity index (χ1v) is 13.6. The van der Waals surface area contributed by atoms with E-state index in [1.54, 1.807) is 40.3 Å². The molecule has 0 spiro atoms. The van der Waals surface area contributed by atoms with Crippen LogP contribution in [0.3, 0.4) is 0 Å². The molecule has 0 amide bonds. The van der Waals surface area contributed by atoms with Crippen molar-refractivity contribution in [2.75, 3.05) is 25.7 Å². The lowest BCUT2D eigenvalue weighted by atomic mass is 9.89. The van der Waals surface area contributed by atoms with Crippen LogP contribution in [0.5, 0.6) is 5.75 Å². The van der Waals surface area contributed by atoms with Crippen LogP contribution in [0.25, 0.3) is 22.0 Å². The molecule has 0 aliphatic carbocycles. The van der Waals surface area contributed by atoms with Gasteiger partial charge in [0.05, 0.1) is 43.4 Å². The third-order valence-corrected chi connectivity index (χ3v) is 6.65. The Balaban J connectivity index is 0.000000429. The molecule has 0 unspecified atom stereocenters. The maximum Gasteiger partial charge on any atom is 0.292 e. The number of ether oxygens (including phenoxy) is 2. The molecule has 1 N–H and O–H groups in total. The number of aliphatic hydroxyl groups is 1. The number of aryl methyl sites for hydroxylation is 1. The monoisotopic (exact) mass is 566 g/mol. The lowest BCUT2D eigenvalue weighted by molar-refractivity contribution is -0.126. The van der Waals surface area contributed by atoms with Gasteiger partial charge in [0.1, 0.15) is 0 Å². The molecule has 9 heteroatoms. The zero-order valence-corrected chi connectivity index (χ0v) is 25.3. The quantitative estimate of drug-likeness (QED) is 0.270. The highest BCUT2D eigenvalue weighted by molar-refractivity contribution is 6.30. The molecule has 8 nitrogen and oxygen atoms in total. The SMILES string of the molecule is CC(C)(C)O.CCc1c(C)c2c3c(cc(C)n3CCN2c2ncc(OC)cn2)c1-c1ccc(Cl)cc1.COC=O. The van der Waals surface area contributed by atoms with Gasteiger partial charge < -0.3 is 24.0 Å². The lowest BCUT2D eigenvalue weighted by Gasteiger charge is -2.33. The largest absolute Gasteiger partial charge is 0.494 e. The van der Waals surface area contributed by atoms with E-state index in [-0.39, 0.29) is 0 Å². The van der Waals surface area contributed by atoms with Crippen molar-refractivity contribution in [3.05, 3.63) is 64.6 Å². The average molecular weight is 567 g/mol. The van der Waals surface area contributed by atoms with Crippen molar-refractivity contribution in [1.82, 2.24) is 14.5 Å². The van der Waals surface area contributed by atoms with Crippen molar-refractivity contribution < 1.29 is 19.4 Å². The minimum Gasteiger partial charge on any atom is -0.494 e. The number of anilines is 2. The Morgan fingerprint density at radius 2 is 1.65 bits per heavy atom. The van der Waals surface area contributed by atoms with Crippen molar-refractivity contribution in [2.45, 2.75) is 60.1 Å². The van der Waals surface area contributed by atoms with E-state index in [1.165, 1.54) is 51.6 Å². The molecule has 0 atom stereocenters. The minimum absolute atomic E-state index is 0.375. The number of methoxy groups -OCH3 is 2. The second-order valence-electron chi connectivity index (χ2n) is 10.5.